The number of thioether (sulfide) groups is 2. The van der Waals surface area contributed by atoms with E-state index in [0.717, 1.165) is 28.6 Å². The molecular formula is C21H26O5S2. The fourth-order valence-electron chi connectivity index (χ4n) is 3.14. The van der Waals surface area contributed by atoms with Crippen molar-refractivity contribution in [3.05, 3.63) is 59.7 Å². The molecule has 0 aromatic heterocycles. The highest BCUT2D eigenvalue weighted by Gasteiger charge is 2.44. The van der Waals surface area contributed by atoms with Crippen molar-refractivity contribution in [2.24, 2.45) is 0 Å². The SMILES string of the molecule is CCSc1ccc(Cc2ccccc2OC2SC(CO)C(O)C(O)C2O)cc1. The zero-order chi connectivity index (χ0) is 20.1. The molecular weight excluding hydrogens is 396 g/mol. The molecule has 2 aromatic carbocycles. The van der Waals surface area contributed by atoms with Crippen LogP contribution in [0.4, 0.5) is 0 Å². The van der Waals surface area contributed by atoms with E-state index in [1.807, 2.05) is 24.3 Å². The van der Waals surface area contributed by atoms with Crippen molar-refractivity contribution in [3.63, 3.8) is 0 Å². The molecule has 28 heavy (non-hydrogen) atoms. The Labute approximate surface area is 173 Å². The van der Waals surface area contributed by atoms with Crippen molar-refractivity contribution in [1.82, 2.24) is 0 Å². The van der Waals surface area contributed by atoms with Gasteiger partial charge >= 0.3 is 0 Å². The summed E-state index contributed by atoms with van der Waals surface area (Å²) in [7, 11) is 0. The summed E-state index contributed by atoms with van der Waals surface area (Å²) >= 11 is 2.93. The number of ether oxygens (including phenoxy) is 1. The highest BCUT2D eigenvalue weighted by Crippen LogP contribution is 2.35. The minimum atomic E-state index is -1.36. The van der Waals surface area contributed by atoms with Crippen LogP contribution < -0.4 is 4.74 Å². The number of rotatable bonds is 7. The van der Waals surface area contributed by atoms with Crippen LogP contribution in [0, 0.1) is 0 Å². The third kappa shape index (κ3) is 5.03. The van der Waals surface area contributed by atoms with Gasteiger partial charge in [-0.1, -0.05) is 37.3 Å². The lowest BCUT2D eigenvalue weighted by molar-refractivity contribution is -0.0910. The van der Waals surface area contributed by atoms with Crippen LogP contribution in [0.2, 0.25) is 0 Å². The molecule has 2 aromatic rings. The van der Waals surface area contributed by atoms with E-state index in [9.17, 15) is 20.4 Å². The number of hydrogen-bond donors (Lipinski definition) is 4. The Hall–Kier alpha value is -1.22. The maximum atomic E-state index is 10.3. The van der Waals surface area contributed by atoms with Crippen LogP contribution in [0.25, 0.3) is 0 Å². The minimum Gasteiger partial charge on any atom is -0.477 e. The normalized spacial score (nSPS) is 27.5. The lowest BCUT2D eigenvalue weighted by atomic mass is 10.0. The molecule has 0 aliphatic carbocycles. The topological polar surface area (TPSA) is 90.2 Å². The second-order valence-electron chi connectivity index (χ2n) is 6.68. The van der Waals surface area contributed by atoms with Crippen LogP contribution in [-0.4, -0.2) is 61.8 Å². The summed E-state index contributed by atoms with van der Waals surface area (Å²) in [5.74, 6) is 1.65. The molecule has 1 fully saturated rings. The van der Waals surface area contributed by atoms with Gasteiger partial charge < -0.3 is 25.2 Å². The molecule has 152 valence electrons. The first kappa shape index (κ1) is 21.5. The number of hydrogen-bond acceptors (Lipinski definition) is 7. The van der Waals surface area contributed by atoms with Crippen LogP contribution in [-0.2, 0) is 6.42 Å². The van der Waals surface area contributed by atoms with Crippen molar-refractivity contribution in [3.8, 4) is 5.75 Å². The largest absolute Gasteiger partial charge is 0.477 e. The number of benzene rings is 2. The lowest BCUT2D eigenvalue weighted by Crippen LogP contribution is -2.55. The maximum Gasteiger partial charge on any atom is 0.173 e. The first-order valence-electron chi connectivity index (χ1n) is 9.30. The van der Waals surface area contributed by atoms with Gasteiger partial charge in [0, 0.05) is 11.3 Å². The van der Waals surface area contributed by atoms with Gasteiger partial charge in [-0.3, -0.25) is 0 Å². The Kier molecular flexibility index (Phi) is 7.68. The van der Waals surface area contributed by atoms with E-state index in [1.54, 1.807) is 11.8 Å². The van der Waals surface area contributed by atoms with Crippen molar-refractivity contribution in [1.29, 1.82) is 0 Å². The predicted molar refractivity (Wildman–Crippen MR) is 113 cm³/mol. The average Bonchev–Trinajstić information content (AvgIpc) is 2.71. The molecule has 0 saturated carbocycles. The summed E-state index contributed by atoms with van der Waals surface area (Å²) in [6.07, 6.45) is -3.13. The monoisotopic (exact) mass is 422 g/mol. The van der Waals surface area contributed by atoms with Crippen LogP contribution in [0.3, 0.4) is 0 Å². The molecule has 4 N–H and O–H groups in total. The zero-order valence-corrected chi connectivity index (χ0v) is 17.3. The van der Waals surface area contributed by atoms with Crippen molar-refractivity contribution in [2.75, 3.05) is 12.4 Å². The molecule has 5 unspecified atom stereocenters. The van der Waals surface area contributed by atoms with Gasteiger partial charge in [0.05, 0.1) is 18.0 Å². The smallest absolute Gasteiger partial charge is 0.173 e. The van der Waals surface area contributed by atoms with E-state index in [0.29, 0.717) is 12.2 Å². The summed E-state index contributed by atoms with van der Waals surface area (Å²) in [6.45, 7) is 1.82. The fraction of sp³-hybridized carbons (Fsp3) is 0.429. The third-order valence-corrected chi connectivity index (χ3v) is 7.01. The van der Waals surface area contributed by atoms with E-state index in [4.69, 9.17) is 4.74 Å². The van der Waals surface area contributed by atoms with Gasteiger partial charge in [0.15, 0.2) is 5.44 Å². The van der Waals surface area contributed by atoms with Crippen LogP contribution >= 0.6 is 23.5 Å². The first-order valence-corrected chi connectivity index (χ1v) is 11.2. The first-order chi connectivity index (χ1) is 13.5. The van der Waals surface area contributed by atoms with Gasteiger partial charge in [-0.2, -0.15) is 0 Å². The van der Waals surface area contributed by atoms with E-state index in [2.05, 4.69) is 31.2 Å². The molecule has 7 heteroatoms. The van der Waals surface area contributed by atoms with Gasteiger partial charge in [0.25, 0.3) is 0 Å². The van der Waals surface area contributed by atoms with Gasteiger partial charge in [-0.05, 0) is 35.1 Å². The molecule has 1 saturated heterocycles. The Balaban J connectivity index is 1.74. The zero-order valence-electron chi connectivity index (χ0n) is 15.6. The molecule has 3 rings (SSSR count). The van der Waals surface area contributed by atoms with E-state index in [1.165, 1.54) is 4.90 Å². The highest BCUT2D eigenvalue weighted by atomic mass is 32.2. The maximum absolute atomic E-state index is 10.3. The van der Waals surface area contributed by atoms with Gasteiger partial charge in [-0.15, -0.1) is 23.5 Å². The summed E-state index contributed by atoms with van der Waals surface area (Å²) in [5.41, 5.74) is 1.34. The quantitative estimate of drug-likeness (QED) is 0.509. The van der Waals surface area contributed by atoms with E-state index in [-0.39, 0.29) is 6.61 Å². The van der Waals surface area contributed by atoms with Crippen LogP contribution in [0.5, 0.6) is 5.75 Å². The molecule has 0 bridgehead atoms. The minimum absolute atomic E-state index is 0.306. The summed E-state index contributed by atoms with van der Waals surface area (Å²) < 4.78 is 6.01. The average molecular weight is 423 g/mol. The molecule has 0 spiro atoms. The molecule has 1 aliphatic rings. The Bertz CT molecular complexity index is 753. The standard InChI is InChI=1S/C21H26O5S2/c1-2-27-15-9-7-13(8-10-15)11-14-5-3-4-6-16(14)26-21-20(25)19(24)18(23)17(12-22)28-21/h3-10,17-25H,2,11-12H2,1H3. The van der Waals surface area contributed by atoms with Crippen molar-refractivity contribution < 1.29 is 25.2 Å². The predicted octanol–water partition coefficient (Wildman–Crippen LogP) is 2.28. The van der Waals surface area contributed by atoms with Gasteiger partial charge in [0.1, 0.15) is 18.0 Å². The van der Waals surface area contributed by atoms with Gasteiger partial charge in [0.2, 0.25) is 0 Å². The molecule has 1 heterocycles. The fourth-order valence-corrected chi connectivity index (χ4v) is 5.04. The summed E-state index contributed by atoms with van der Waals surface area (Å²) in [6, 6.07) is 16.0. The number of para-hydroxylation sites is 1. The Morgan fingerprint density at radius 2 is 1.68 bits per heavy atom. The molecule has 1 aliphatic heterocycles. The third-order valence-electron chi connectivity index (χ3n) is 4.69. The van der Waals surface area contributed by atoms with Gasteiger partial charge in [-0.25, -0.2) is 0 Å². The second-order valence-corrected chi connectivity index (χ2v) is 9.36. The van der Waals surface area contributed by atoms with Crippen molar-refractivity contribution in [2.45, 2.75) is 47.2 Å². The summed E-state index contributed by atoms with van der Waals surface area (Å²) in [4.78, 5) is 1.24. The van der Waals surface area contributed by atoms with E-state index < -0.39 is 29.0 Å². The number of aliphatic hydroxyl groups is 4. The highest BCUT2D eigenvalue weighted by molar-refractivity contribution is 8.00. The lowest BCUT2D eigenvalue weighted by Gasteiger charge is -2.39. The number of aliphatic hydroxyl groups excluding tert-OH is 4. The summed E-state index contributed by atoms with van der Waals surface area (Å²) in [5, 5.41) is 39.1. The van der Waals surface area contributed by atoms with Crippen LogP contribution in [0.15, 0.2) is 53.4 Å². The second kappa shape index (κ2) is 10.0. The molecule has 0 radical (unpaired) electrons. The Morgan fingerprint density at radius 3 is 2.36 bits per heavy atom. The van der Waals surface area contributed by atoms with Crippen molar-refractivity contribution >= 4 is 23.5 Å². The van der Waals surface area contributed by atoms with Crippen LogP contribution in [0.1, 0.15) is 18.1 Å². The molecule has 5 nitrogen and oxygen atoms in total. The molecule has 5 atom stereocenters. The molecule has 0 amide bonds. The van der Waals surface area contributed by atoms with E-state index >= 15 is 0 Å². The Morgan fingerprint density at radius 1 is 0.964 bits per heavy atom.